The van der Waals surface area contributed by atoms with Gasteiger partial charge in [-0.2, -0.15) is 0 Å². The molecular formula is C21H26N2O2S. The summed E-state index contributed by atoms with van der Waals surface area (Å²) in [5.74, 6) is -0.375. The normalized spacial score (nSPS) is 12.2. The molecular weight excluding hydrogens is 344 g/mol. The number of nitrogens with one attached hydrogen (secondary N) is 2. The molecule has 4 nitrogen and oxygen atoms in total. The minimum atomic E-state index is -0.375. The molecule has 0 radical (unpaired) electrons. The molecule has 0 aromatic heterocycles. The van der Waals surface area contributed by atoms with Crippen LogP contribution in [0, 0.1) is 0 Å². The molecule has 0 saturated heterocycles. The number of carbonyl (C=O) groups is 1. The molecule has 0 bridgehead atoms. The van der Waals surface area contributed by atoms with Crippen LogP contribution in [0.25, 0.3) is 0 Å². The zero-order chi connectivity index (χ0) is 19.3. The van der Waals surface area contributed by atoms with E-state index in [4.69, 9.17) is 17.0 Å². The largest absolute Gasteiger partial charge is 0.465 e. The van der Waals surface area contributed by atoms with Crippen LogP contribution >= 0.6 is 12.2 Å². The van der Waals surface area contributed by atoms with Gasteiger partial charge in [0.1, 0.15) is 0 Å². The fraction of sp³-hybridized carbons (Fsp3) is 0.333. The molecule has 0 amide bonds. The van der Waals surface area contributed by atoms with Crippen LogP contribution in [0.2, 0.25) is 0 Å². The smallest absolute Gasteiger partial charge is 0.337 e. The summed E-state index contributed by atoms with van der Waals surface area (Å²) in [5.41, 5.74) is 3.81. The van der Waals surface area contributed by atoms with E-state index in [9.17, 15) is 4.79 Å². The van der Waals surface area contributed by atoms with E-state index in [-0.39, 0.29) is 17.4 Å². The Labute approximate surface area is 161 Å². The van der Waals surface area contributed by atoms with Crippen LogP contribution in [0.5, 0.6) is 0 Å². The number of hydrogen-bond donors (Lipinski definition) is 2. The quantitative estimate of drug-likeness (QED) is 0.597. The van der Waals surface area contributed by atoms with Crippen LogP contribution in [0.3, 0.4) is 0 Å². The van der Waals surface area contributed by atoms with Gasteiger partial charge in [0.2, 0.25) is 0 Å². The minimum absolute atomic E-state index is 0.0628. The molecule has 0 aliphatic heterocycles. The van der Waals surface area contributed by atoms with Crippen LogP contribution < -0.4 is 10.6 Å². The van der Waals surface area contributed by atoms with Crippen LogP contribution in [-0.2, 0) is 10.2 Å². The highest BCUT2D eigenvalue weighted by Crippen LogP contribution is 2.24. The maximum Gasteiger partial charge on any atom is 0.337 e. The molecule has 0 heterocycles. The second-order valence-corrected chi connectivity index (χ2v) is 7.67. The lowest BCUT2D eigenvalue weighted by molar-refractivity contribution is 0.0601. The number of anilines is 1. The van der Waals surface area contributed by atoms with E-state index >= 15 is 0 Å². The van der Waals surface area contributed by atoms with Crippen LogP contribution in [-0.4, -0.2) is 18.2 Å². The van der Waals surface area contributed by atoms with Gasteiger partial charge in [-0.25, -0.2) is 4.79 Å². The van der Waals surface area contributed by atoms with Gasteiger partial charge in [0, 0.05) is 5.69 Å². The van der Waals surface area contributed by atoms with Crippen molar-refractivity contribution in [3.8, 4) is 0 Å². The molecule has 26 heavy (non-hydrogen) atoms. The fourth-order valence-electron chi connectivity index (χ4n) is 2.56. The van der Waals surface area contributed by atoms with Gasteiger partial charge < -0.3 is 15.4 Å². The SMILES string of the molecule is COC(=O)c1cccc(NC(=S)N[C@H](C)c2ccc(C(C)(C)C)cc2)c1. The van der Waals surface area contributed by atoms with Gasteiger partial charge in [-0.05, 0) is 53.9 Å². The molecule has 5 heteroatoms. The van der Waals surface area contributed by atoms with E-state index in [1.807, 2.05) is 6.07 Å². The van der Waals surface area contributed by atoms with E-state index < -0.39 is 0 Å². The molecule has 2 N–H and O–H groups in total. The maximum atomic E-state index is 11.6. The van der Waals surface area contributed by atoms with Crippen molar-refractivity contribution in [1.29, 1.82) is 0 Å². The Kier molecular flexibility index (Phi) is 6.37. The summed E-state index contributed by atoms with van der Waals surface area (Å²) in [6.45, 7) is 8.66. The van der Waals surface area contributed by atoms with E-state index in [0.29, 0.717) is 10.7 Å². The number of carbonyl (C=O) groups excluding carboxylic acids is 1. The van der Waals surface area contributed by atoms with Crippen LogP contribution in [0.4, 0.5) is 5.69 Å². The standard InChI is InChI=1S/C21H26N2O2S/c1-14(15-9-11-17(12-10-15)21(2,3)4)22-20(26)23-18-8-6-7-16(13-18)19(24)25-5/h6-14H,1-5H3,(H2,22,23,26)/t14-/m1/s1. The van der Waals surface area contributed by atoms with Crippen LogP contribution in [0.1, 0.15) is 55.2 Å². The molecule has 0 unspecified atom stereocenters. The summed E-state index contributed by atoms with van der Waals surface area (Å²) in [7, 11) is 1.36. The highest BCUT2D eigenvalue weighted by molar-refractivity contribution is 7.80. The lowest BCUT2D eigenvalue weighted by Crippen LogP contribution is -2.31. The number of rotatable bonds is 4. The van der Waals surface area contributed by atoms with Crippen molar-refractivity contribution in [2.45, 2.75) is 39.2 Å². The number of ether oxygens (including phenoxy) is 1. The Balaban J connectivity index is 2.00. The molecule has 0 aliphatic rings. The first-order valence-electron chi connectivity index (χ1n) is 8.57. The van der Waals surface area contributed by atoms with Crippen molar-refractivity contribution in [3.05, 3.63) is 65.2 Å². The predicted molar refractivity (Wildman–Crippen MR) is 111 cm³/mol. The summed E-state index contributed by atoms with van der Waals surface area (Å²) in [6, 6.07) is 15.7. The zero-order valence-corrected chi connectivity index (χ0v) is 16.7. The summed E-state index contributed by atoms with van der Waals surface area (Å²) in [4.78, 5) is 11.6. The lowest BCUT2D eigenvalue weighted by Gasteiger charge is -2.21. The molecule has 0 spiro atoms. The first-order valence-corrected chi connectivity index (χ1v) is 8.98. The van der Waals surface area contributed by atoms with E-state index in [2.05, 4.69) is 62.6 Å². The molecule has 2 aromatic rings. The van der Waals surface area contributed by atoms with E-state index in [1.54, 1.807) is 18.2 Å². The van der Waals surface area contributed by atoms with E-state index in [0.717, 1.165) is 11.3 Å². The summed E-state index contributed by atoms with van der Waals surface area (Å²) in [5, 5.41) is 6.88. The second-order valence-electron chi connectivity index (χ2n) is 7.26. The summed E-state index contributed by atoms with van der Waals surface area (Å²) >= 11 is 5.40. The highest BCUT2D eigenvalue weighted by atomic mass is 32.1. The molecule has 0 saturated carbocycles. The third kappa shape index (κ3) is 5.30. The Morgan fingerprint density at radius 3 is 2.35 bits per heavy atom. The number of thiocarbonyl (C=S) groups is 1. The number of benzene rings is 2. The first kappa shape index (κ1) is 19.9. The monoisotopic (exact) mass is 370 g/mol. The Bertz CT molecular complexity index is 779. The van der Waals surface area contributed by atoms with Crippen LogP contribution in [0.15, 0.2) is 48.5 Å². The molecule has 1 atom stereocenters. The Morgan fingerprint density at radius 2 is 1.77 bits per heavy atom. The summed E-state index contributed by atoms with van der Waals surface area (Å²) < 4.78 is 4.74. The topological polar surface area (TPSA) is 50.4 Å². The predicted octanol–water partition coefficient (Wildman–Crippen LogP) is 4.82. The highest BCUT2D eigenvalue weighted by Gasteiger charge is 2.14. The fourth-order valence-corrected chi connectivity index (χ4v) is 2.86. The van der Waals surface area contributed by atoms with Crippen molar-refractivity contribution < 1.29 is 9.53 Å². The Hall–Kier alpha value is -2.40. The van der Waals surface area contributed by atoms with E-state index in [1.165, 1.54) is 12.7 Å². The van der Waals surface area contributed by atoms with Crippen molar-refractivity contribution in [3.63, 3.8) is 0 Å². The van der Waals surface area contributed by atoms with Crippen molar-refractivity contribution >= 4 is 29.0 Å². The van der Waals surface area contributed by atoms with Crippen molar-refractivity contribution in [2.24, 2.45) is 0 Å². The maximum absolute atomic E-state index is 11.6. The van der Waals surface area contributed by atoms with Gasteiger partial charge in [-0.15, -0.1) is 0 Å². The average Bonchev–Trinajstić information content (AvgIpc) is 2.60. The second kappa shape index (κ2) is 8.32. The van der Waals surface area contributed by atoms with Gasteiger partial charge in [0.05, 0.1) is 18.7 Å². The van der Waals surface area contributed by atoms with Gasteiger partial charge >= 0.3 is 5.97 Å². The first-order chi connectivity index (χ1) is 12.2. The summed E-state index contributed by atoms with van der Waals surface area (Å²) in [6.07, 6.45) is 0. The van der Waals surface area contributed by atoms with Gasteiger partial charge in [-0.1, -0.05) is 51.1 Å². The van der Waals surface area contributed by atoms with Crippen molar-refractivity contribution in [2.75, 3.05) is 12.4 Å². The lowest BCUT2D eigenvalue weighted by atomic mass is 9.86. The van der Waals surface area contributed by atoms with Gasteiger partial charge in [0.15, 0.2) is 5.11 Å². The average molecular weight is 371 g/mol. The van der Waals surface area contributed by atoms with Gasteiger partial charge in [-0.3, -0.25) is 0 Å². The third-order valence-electron chi connectivity index (χ3n) is 4.17. The Morgan fingerprint density at radius 1 is 1.12 bits per heavy atom. The number of esters is 1. The van der Waals surface area contributed by atoms with Crippen molar-refractivity contribution in [1.82, 2.24) is 5.32 Å². The molecule has 2 aromatic carbocycles. The number of methoxy groups -OCH3 is 1. The van der Waals surface area contributed by atoms with Gasteiger partial charge in [0.25, 0.3) is 0 Å². The number of hydrogen-bond acceptors (Lipinski definition) is 3. The third-order valence-corrected chi connectivity index (χ3v) is 4.39. The minimum Gasteiger partial charge on any atom is -0.465 e. The molecule has 0 aliphatic carbocycles. The molecule has 2 rings (SSSR count). The zero-order valence-electron chi connectivity index (χ0n) is 15.9. The molecule has 138 valence electrons. The molecule has 0 fully saturated rings.